The largest absolute Gasteiger partial charge is 0.481 e. The molecule has 6 heteroatoms. The summed E-state index contributed by atoms with van der Waals surface area (Å²) in [5, 5.41) is 17.6. The molecule has 0 aromatic heterocycles. The molecule has 0 radical (unpaired) electrons. The molecular formula is C13H21NO5. The third-order valence-electron chi connectivity index (χ3n) is 2.60. The van der Waals surface area contributed by atoms with Crippen molar-refractivity contribution in [2.45, 2.75) is 26.3 Å². The number of ether oxygens (including phenoxy) is 1. The number of carbonyl (C=O) groups is 2. The van der Waals surface area contributed by atoms with Crippen LogP contribution in [-0.4, -0.2) is 41.4 Å². The number of hydrogen-bond donors (Lipinski definition) is 3. The van der Waals surface area contributed by atoms with Gasteiger partial charge in [0.1, 0.15) is 12.0 Å². The zero-order chi connectivity index (χ0) is 14.8. The lowest BCUT2D eigenvalue weighted by atomic mass is 10.0. The van der Waals surface area contributed by atoms with Crippen molar-refractivity contribution in [3.8, 4) is 0 Å². The second-order valence-corrected chi connectivity index (χ2v) is 4.03. The molecule has 0 spiro atoms. The molecule has 0 amide bonds. The van der Waals surface area contributed by atoms with E-state index in [0.29, 0.717) is 0 Å². The molecule has 0 bridgehead atoms. The van der Waals surface area contributed by atoms with E-state index in [1.165, 1.54) is 0 Å². The van der Waals surface area contributed by atoms with Gasteiger partial charge in [-0.15, -0.1) is 0 Å². The van der Waals surface area contributed by atoms with E-state index in [1.807, 2.05) is 32.1 Å². The summed E-state index contributed by atoms with van der Waals surface area (Å²) in [5.74, 6) is -3.88. The van der Waals surface area contributed by atoms with Gasteiger partial charge in [0, 0.05) is 0 Å². The lowest BCUT2D eigenvalue weighted by Crippen LogP contribution is -2.44. The third kappa shape index (κ3) is 6.73. The van der Waals surface area contributed by atoms with E-state index in [9.17, 15) is 9.59 Å². The van der Waals surface area contributed by atoms with Crippen LogP contribution in [0.4, 0.5) is 0 Å². The average Bonchev–Trinajstić information content (AvgIpc) is 2.36. The summed E-state index contributed by atoms with van der Waals surface area (Å²) in [4.78, 5) is 21.6. The summed E-state index contributed by atoms with van der Waals surface area (Å²) < 4.78 is 5.25. The summed E-state index contributed by atoms with van der Waals surface area (Å²) in [6.07, 6.45) is 6.38. The van der Waals surface area contributed by atoms with E-state index in [-0.39, 0.29) is 13.2 Å². The average molecular weight is 271 g/mol. The summed E-state index contributed by atoms with van der Waals surface area (Å²) in [6.45, 7) is 3.88. The van der Waals surface area contributed by atoms with E-state index >= 15 is 0 Å². The van der Waals surface area contributed by atoms with Gasteiger partial charge in [-0.05, 0) is 18.9 Å². The van der Waals surface area contributed by atoms with Crippen molar-refractivity contribution < 1.29 is 24.5 Å². The predicted molar refractivity (Wildman–Crippen MR) is 70.7 cm³/mol. The minimum atomic E-state index is -1.47. The van der Waals surface area contributed by atoms with Crippen molar-refractivity contribution in [3.05, 3.63) is 23.8 Å². The molecule has 2 atom stereocenters. The van der Waals surface area contributed by atoms with Gasteiger partial charge in [-0.25, -0.2) is 0 Å². The highest BCUT2D eigenvalue weighted by Gasteiger charge is 2.30. The number of rotatable bonds is 9. The molecule has 4 N–H and O–H groups in total. The van der Waals surface area contributed by atoms with Crippen LogP contribution in [0.3, 0.4) is 0 Å². The van der Waals surface area contributed by atoms with Crippen LogP contribution in [0, 0.1) is 5.92 Å². The van der Waals surface area contributed by atoms with Crippen LogP contribution in [0.5, 0.6) is 0 Å². The first-order chi connectivity index (χ1) is 8.93. The van der Waals surface area contributed by atoms with Gasteiger partial charge >= 0.3 is 11.9 Å². The second kappa shape index (κ2) is 9.29. The lowest BCUT2D eigenvalue weighted by Gasteiger charge is -2.16. The zero-order valence-electron chi connectivity index (χ0n) is 11.2. The minimum Gasteiger partial charge on any atom is -0.481 e. The smallest absolute Gasteiger partial charge is 0.321 e. The van der Waals surface area contributed by atoms with Gasteiger partial charge in [-0.1, -0.05) is 25.2 Å². The molecule has 0 aromatic rings. The fourth-order valence-corrected chi connectivity index (χ4v) is 1.32. The number of aliphatic carboxylic acids is 2. The molecule has 0 aliphatic carbocycles. The topological polar surface area (TPSA) is 110 Å². The molecule has 0 fully saturated rings. The summed E-state index contributed by atoms with van der Waals surface area (Å²) in [5.41, 5.74) is 6.30. The molecule has 108 valence electrons. The standard InChI is InChI=1S/C13H21NO5/c1-3-5-6-9(4-2)7-19-8-10(12(15)16)11(14)13(17)18/h3,5-6,10-11H,4,7-8,14H2,1-2H3,(H,15,16)(H,17,18)/b5-3-,9-6+/t10-,11-/m0/s1. The van der Waals surface area contributed by atoms with Gasteiger partial charge < -0.3 is 20.7 Å². The Hall–Kier alpha value is -1.66. The van der Waals surface area contributed by atoms with Crippen molar-refractivity contribution in [2.75, 3.05) is 13.2 Å². The highest BCUT2D eigenvalue weighted by Crippen LogP contribution is 2.07. The van der Waals surface area contributed by atoms with Gasteiger partial charge in [0.2, 0.25) is 0 Å². The first-order valence-electron chi connectivity index (χ1n) is 6.03. The van der Waals surface area contributed by atoms with E-state index in [0.717, 1.165) is 12.0 Å². The molecule has 6 nitrogen and oxygen atoms in total. The van der Waals surface area contributed by atoms with Gasteiger partial charge in [0.15, 0.2) is 0 Å². The molecule has 0 saturated carbocycles. The summed E-state index contributed by atoms with van der Waals surface area (Å²) in [6, 6.07) is -1.47. The zero-order valence-corrected chi connectivity index (χ0v) is 11.2. The fourth-order valence-electron chi connectivity index (χ4n) is 1.32. The highest BCUT2D eigenvalue weighted by atomic mass is 16.5. The molecule has 0 aliphatic rings. The fraction of sp³-hybridized carbons (Fsp3) is 0.538. The first kappa shape index (κ1) is 17.3. The maximum Gasteiger partial charge on any atom is 0.321 e. The monoisotopic (exact) mass is 271 g/mol. The lowest BCUT2D eigenvalue weighted by molar-refractivity contribution is -0.152. The first-order valence-corrected chi connectivity index (χ1v) is 6.03. The van der Waals surface area contributed by atoms with Gasteiger partial charge in [0.25, 0.3) is 0 Å². The SMILES string of the molecule is C/C=C\C=C(/CC)COC[C@H](C(=O)O)[C@H](N)C(=O)O. The van der Waals surface area contributed by atoms with Crippen LogP contribution in [-0.2, 0) is 14.3 Å². The molecule has 0 aromatic carbocycles. The van der Waals surface area contributed by atoms with Gasteiger partial charge in [-0.2, -0.15) is 0 Å². The van der Waals surface area contributed by atoms with Gasteiger partial charge in [0.05, 0.1) is 13.2 Å². The maximum absolute atomic E-state index is 10.9. The van der Waals surface area contributed by atoms with Crippen molar-refractivity contribution in [2.24, 2.45) is 11.7 Å². The number of nitrogens with two attached hydrogens (primary N) is 1. The molecular weight excluding hydrogens is 250 g/mol. The molecule has 0 aliphatic heterocycles. The quantitative estimate of drug-likeness (QED) is 0.540. The summed E-state index contributed by atoms with van der Waals surface area (Å²) in [7, 11) is 0. The van der Waals surface area contributed by atoms with Crippen molar-refractivity contribution >= 4 is 11.9 Å². The van der Waals surface area contributed by atoms with E-state index < -0.39 is 23.9 Å². The van der Waals surface area contributed by atoms with Crippen LogP contribution < -0.4 is 5.73 Å². The van der Waals surface area contributed by atoms with Crippen LogP contribution in [0.1, 0.15) is 20.3 Å². The number of hydrogen-bond acceptors (Lipinski definition) is 4. The number of carboxylic acid groups (broad SMARTS) is 2. The van der Waals surface area contributed by atoms with Crippen LogP contribution in [0.2, 0.25) is 0 Å². The summed E-state index contributed by atoms with van der Waals surface area (Å²) >= 11 is 0. The molecule has 0 unspecified atom stereocenters. The van der Waals surface area contributed by atoms with Crippen LogP contribution in [0.25, 0.3) is 0 Å². The number of allylic oxidation sites excluding steroid dienone is 3. The van der Waals surface area contributed by atoms with Gasteiger partial charge in [-0.3, -0.25) is 9.59 Å². The van der Waals surface area contributed by atoms with Crippen molar-refractivity contribution in [3.63, 3.8) is 0 Å². The minimum absolute atomic E-state index is 0.226. The highest BCUT2D eigenvalue weighted by molar-refractivity contribution is 5.82. The Bertz CT molecular complexity index is 362. The Morgan fingerprint density at radius 2 is 1.95 bits per heavy atom. The van der Waals surface area contributed by atoms with Crippen molar-refractivity contribution in [1.82, 2.24) is 0 Å². The Labute approximate surface area is 112 Å². The number of carboxylic acids is 2. The predicted octanol–water partition coefficient (Wildman–Crippen LogP) is 1.03. The Morgan fingerprint density at radius 3 is 2.37 bits per heavy atom. The molecule has 0 heterocycles. The Kier molecular flexibility index (Phi) is 8.48. The van der Waals surface area contributed by atoms with E-state index in [2.05, 4.69) is 0 Å². The second-order valence-electron chi connectivity index (χ2n) is 4.03. The molecule has 19 heavy (non-hydrogen) atoms. The maximum atomic E-state index is 10.9. The molecule has 0 rings (SSSR count). The van der Waals surface area contributed by atoms with Crippen LogP contribution in [0.15, 0.2) is 23.8 Å². The van der Waals surface area contributed by atoms with E-state index in [4.69, 9.17) is 20.7 Å². The Balaban J connectivity index is 4.42. The normalized spacial score (nSPS) is 15.4. The van der Waals surface area contributed by atoms with Crippen molar-refractivity contribution in [1.29, 1.82) is 0 Å². The van der Waals surface area contributed by atoms with Crippen LogP contribution >= 0.6 is 0 Å². The molecule has 0 saturated heterocycles. The van der Waals surface area contributed by atoms with E-state index in [1.54, 1.807) is 0 Å². The Morgan fingerprint density at radius 1 is 1.32 bits per heavy atom. The third-order valence-corrected chi connectivity index (χ3v) is 2.60.